The molecule has 0 saturated heterocycles. The lowest BCUT2D eigenvalue weighted by Crippen LogP contribution is -2.30. The van der Waals surface area contributed by atoms with Crippen LogP contribution in [0.5, 0.6) is 0 Å². The molecule has 1 aliphatic carbocycles. The second-order valence-corrected chi connectivity index (χ2v) is 10.3. The highest BCUT2D eigenvalue weighted by atomic mass is 35.5. The number of anilines is 2. The summed E-state index contributed by atoms with van der Waals surface area (Å²) in [5.41, 5.74) is 5.03. The van der Waals surface area contributed by atoms with Crippen molar-refractivity contribution in [1.82, 2.24) is 14.5 Å². The maximum atomic E-state index is 13.9. The number of carboxylic acid groups (broad SMARTS) is 1. The Morgan fingerprint density at radius 2 is 1.81 bits per heavy atom. The number of aromatic carboxylic acids is 1. The van der Waals surface area contributed by atoms with Crippen LogP contribution in [0.2, 0.25) is 5.15 Å². The van der Waals surface area contributed by atoms with Gasteiger partial charge in [-0.15, -0.1) is 0 Å². The Hall–Kier alpha value is -3.91. The molecule has 0 unspecified atom stereocenters. The zero-order valence-electron chi connectivity index (χ0n) is 20.5. The number of aryl methyl sites for hydroxylation is 1. The van der Waals surface area contributed by atoms with Gasteiger partial charge in [-0.3, -0.25) is 9.36 Å². The normalized spacial score (nSPS) is 15.6. The molecule has 2 aromatic heterocycles. The molecular formula is C28H26ClN5O3. The van der Waals surface area contributed by atoms with E-state index in [1.54, 1.807) is 12.1 Å². The van der Waals surface area contributed by atoms with Crippen LogP contribution in [0.4, 0.5) is 11.6 Å². The summed E-state index contributed by atoms with van der Waals surface area (Å²) >= 11 is 5.94. The summed E-state index contributed by atoms with van der Waals surface area (Å²) in [6.07, 6.45) is 1.94. The predicted octanol–water partition coefficient (Wildman–Crippen LogP) is 5.48. The molecule has 2 N–H and O–H groups in total. The van der Waals surface area contributed by atoms with Crippen molar-refractivity contribution in [2.24, 2.45) is 0 Å². The van der Waals surface area contributed by atoms with Crippen LogP contribution in [-0.4, -0.2) is 25.6 Å². The van der Waals surface area contributed by atoms with Gasteiger partial charge in [0.25, 0.3) is 5.56 Å². The van der Waals surface area contributed by atoms with Crippen molar-refractivity contribution in [1.29, 1.82) is 0 Å². The number of nitrogens with zero attached hydrogens (tertiary/aromatic N) is 4. The van der Waals surface area contributed by atoms with Crippen LogP contribution in [0, 0.1) is 6.92 Å². The zero-order valence-corrected chi connectivity index (χ0v) is 21.3. The lowest BCUT2D eigenvalue weighted by atomic mass is 10.0. The molecule has 2 aromatic carbocycles. The van der Waals surface area contributed by atoms with E-state index in [0.29, 0.717) is 35.6 Å². The van der Waals surface area contributed by atoms with Crippen molar-refractivity contribution < 1.29 is 9.90 Å². The van der Waals surface area contributed by atoms with Gasteiger partial charge in [-0.1, -0.05) is 41.9 Å². The number of halogens is 1. The van der Waals surface area contributed by atoms with Crippen molar-refractivity contribution >= 4 is 40.1 Å². The van der Waals surface area contributed by atoms with E-state index in [9.17, 15) is 14.7 Å². The standard InChI is InChI=1S/C28H26ClN5O3/c1-15-11-20(16(2)30-22-9-10-23(29)31-25(22)27(36)37)24-21(12-15)26(35)34(19-7-8-19)28(32-24)33-13-17-5-3-4-6-18(17)14-33/h3-6,9-12,16,19,30H,7-8,13-14H2,1-2H3,(H,36,37)/t16-/m1/s1. The van der Waals surface area contributed by atoms with Crippen molar-refractivity contribution in [2.75, 3.05) is 10.2 Å². The molecule has 9 heteroatoms. The van der Waals surface area contributed by atoms with Gasteiger partial charge in [-0.25, -0.2) is 14.8 Å². The molecule has 8 nitrogen and oxygen atoms in total. The van der Waals surface area contributed by atoms with Crippen molar-refractivity contribution in [3.8, 4) is 0 Å². The number of hydrogen-bond donors (Lipinski definition) is 2. The van der Waals surface area contributed by atoms with Crippen LogP contribution < -0.4 is 15.8 Å². The molecule has 1 aliphatic heterocycles. The van der Waals surface area contributed by atoms with E-state index in [1.807, 2.05) is 42.7 Å². The third-order valence-electron chi connectivity index (χ3n) is 7.10. The Kier molecular flexibility index (Phi) is 5.64. The van der Waals surface area contributed by atoms with Gasteiger partial charge in [0.05, 0.1) is 22.6 Å². The quantitative estimate of drug-likeness (QED) is 0.328. The lowest BCUT2D eigenvalue weighted by molar-refractivity contribution is 0.0691. The van der Waals surface area contributed by atoms with Gasteiger partial charge >= 0.3 is 5.97 Å². The number of rotatable bonds is 6. The minimum atomic E-state index is -1.17. The summed E-state index contributed by atoms with van der Waals surface area (Å²) < 4.78 is 1.88. The molecule has 3 heterocycles. The molecule has 6 rings (SSSR count). The molecule has 188 valence electrons. The van der Waals surface area contributed by atoms with Gasteiger partial charge < -0.3 is 15.3 Å². The average molecular weight is 516 g/mol. The first-order valence-corrected chi connectivity index (χ1v) is 12.7. The number of pyridine rings is 1. The smallest absolute Gasteiger partial charge is 0.356 e. The topological polar surface area (TPSA) is 100 Å². The summed E-state index contributed by atoms with van der Waals surface area (Å²) in [6, 6.07) is 15.2. The number of carbonyl (C=O) groups is 1. The van der Waals surface area contributed by atoms with Crippen LogP contribution in [0.3, 0.4) is 0 Å². The first kappa shape index (κ1) is 23.5. The van der Waals surface area contributed by atoms with Crippen LogP contribution in [-0.2, 0) is 13.1 Å². The summed E-state index contributed by atoms with van der Waals surface area (Å²) in [4.78, 5) is 36.9. The Bertz CT molecular complexity index is 1600. The van der Waals surface area contributed by atoms with Crippen LogP contribution in [0.25, 0.3) is 10.9 Å². The molecule has 0 radical (unpaired) electrons. The Morgan fingerprint density at radius 1 is 1.11 bits per heavy atom. The Morgan fingerprint density at radius 3 is 2.46 bits per heavy atom. The molecule has 37 heavy (non-hydrogen) atoms. The Balaban J connectivity index is 1.48. The van der Waals surface area contributed by atoms with E-state index in [1.165, 1.54) is 11.1 Å². The van der Waals surface area contributed by atoms with Gasteiger partial charge in [-0.2, -0.15) is 0 Å². The third-order valence-corrected chi connectivity index (χ3v) is 7.31. The fraction of sp³-hybridized carbons (Fsp3) is 0.286. The number of fused-ring (bicyclic) bond motifs is 2. The van der Waals surface area contributed by atoms with Gasteiger partial charge in [-0.05, 0) is 61.6 Å². The zero-order chi connectivity index (χ0) is 25.8. The van der Waals surface area contributed by atoms with E-state index >= 15 is 0 Å². The monoisotopic (exact) mass is 515 g/mol. The largest absolute Gasteiger partial charge is 0.476 e. The van der Waals surface area contributed by atoms with E-state index in [2.05, 4.69) is 27.3 Å². The number of aromatic nitrogens is 3. The summed E-state index contributed by atoms with van der Waals surface area (Å²) in [7, 11) is 0. The second kappa shape index (κ2) is 8.88. The molecule has 1 atom stereocenters. The van der Waals surface area contributed by atoms with Crippen molar-refractivity contribution in [3.05, 3.63) is 92.0 Å². The third kappa shape index (κ3) is 4.21. The van der Waals surface area contributed by atoms with Crippen LogP contribution in [0.1, 0.15) is 64.6 Å². The van der Waals surface area contributed by atoms with Gasteiger partial charge in [0.15, 0.2) is 5.69 Å². The molecule has 1 saturated carbocycles. The Labute approximate surface area is 218 Å². The first-order valence-electron chi connectivity index (χ1n) is 12.3. The lowest BCUT2D eigenvalue weighted by Gasteiger charge is -2.24. The second-order valence-electron chi connectivity index (χ2n) is 9.89. The average Bonchev–Trinajstić information content (AvgIpc) is 3.61. The van der Waals surface area contributed by atoms with E-state index in [-0.39, 0.29) is 28.5 Å². The molecule has 1 fully saturated rings. The van der Waals surface area contributed by atoms with Crippen LogP contribution >= 0.6 is 11.6 Å². The first-order chi connectivity index (χ1) is 17.8. The highest BCUT2D eigenvalue weighted by molar-refractivity contribution is 6.29. The highest BCUT2D eigenvalue weighted by Gasteiger charge is 2.33. The van der Waals surface area contributed by atoms with Gasteiger partial charge in [0.2, 0.25) is 5.95 Å². The molecule has 2 aliphatic rings. The summed E-state index contributed by atoms with van der Waals surface area (Å²) in [5, 5.41) is 13.6. The molecule has 4 aromatic rings. The highest BCUT2D eigenvalue weighted by Crippen LogP contribution is 2.39. The van der Waals surface area contributed by atoms with Crippen molar-refractivity contribution in [3.63, 3.8) is 0 Å². The number of benzene rings is 2. The minimum Gasteiger partial charge on any atom is -0.476 e. The summed E-state index contributed by atoms with van der Waals surface area (Å²) in [5.74, 6) is -0.486. The SMILES string of the molecule is Cc1cc([C@@H](C)Nc2ccc(Cl)nc2C(=O)O)c2nc(N3Cc4ccccc4C3)n(C3CC3)c(=O)c2c1. The van der Waals surface area contributed by atoms with E-state index < -0.39 is 5.97 Å². The summed E-state index contributed by atoms with van der Waals surface area (Å²) in [6.45, 7) is 5.28. The van der Waals surface area contributed by atoms with Crippen LogP contribution in [0.15, 0.2) is 53.3 Å². The van der Waals surface area contributed by atoms with Crippen molar-refractivity contribution in [2.45, 2.75) is 51.9 Å². The molecule has 0 bridgehead atoms. The fourth-order valence-corrected chi connectivity index (χ4v) is 5.33. The molecule has 0 spiro atoms. The van der Waals surface area contributed by atoms with E-state index in [0.717, 1.165) is 24.0 Å². The van der Waals surface area contributed by atoms with Gasteiger partial charge in [0.1, 0.15) is 5.15 Å². The van der Waals surface area contributed by atoms with Gasteiger partial charge in [0, 0.05) is 24.7 Å². The fourth-order valence-electron chi connectivity index (χ4n) is 5.18. The number of carboxylic acids is 1. The predicted molar refractivity (Wildman–Crippen MR) is 144 cm³/mol. The minimum absolute atomic E-state index is 0.0324. The number of nitrogens with one attached hydrogen (secondary N) is 1. The molecule has 0 amide bonds. The molecular weight excluding hydrogens is 490 g/mol. The number of hydrogen-bond acceptors (Lipinski definition) is 6. The maximum Gasteiger partial charge on any atom is 0.356 e. The van der Waals surface area contributed by atoms with E-state index in [4.69, 9.17) is 16.6 Å². The maximum absolute atomic E-state index is 13.9.